The van der Waals surface area contributed by atoms with Gasteiger partial charge >= 0.3 is 0 Å². The molecule has 0 spiro atoms. The largest absolute Gasteiger partial charge is 0.378 e. The summed E-state index contributed by atoms with van der Waals surface area (Å²) in [6, 6.07) is 0.280. The summed E-state index contributed by atoms with van der Waals surface area (Å²) in [5, 5.41) is 3.52. The number of rotatable bonds is 3. The van der Waals surface area contributed by atoms with Crippen LogP contribution in [-0.4, -0.2) is 68.9 Å². The first-order chi connectivity index (χ1) is 7.25. The lowest BCUT2D eigenvalue weighted by atomic mass is 10.2. The van der Waals surface area contributed by atoms with Crippen LogP contribution in [0.1, 0.15) is 0 Å². The number of halogens is 1. The Morgan fingerprint density at radius 1 is 1.47 bits per heavy atom. The molecule has 5 heteroatoms. The summed E-state index contributed by atoms with van der Waals surface area (Å²) in [4.78, 5) is 2.29. The maximum absolute atomic E-state index is 6.09. The van der Waals surface area contributed by atoms with Crippen LogP contribution in [0.5, 0.6) is 0 Å². The number of nitrogens with one attached hydrogen (secondary N) is 1. The zero-order valence-electron chi connectivity index (χ0n) is 9.12. The van der Waals surface area contributed by atoms with Crippen LogP contribution in [0.2, 0.25) is 0 Å². The SMILES string of the molecule is CN1CCOC(CNC2COCC2Cl)C1. The van der Waals surface area contributed by atoms with Gasteiger partial charge in [0.05, 0.1) is 31.3 Å². The van der Waals surface area contributed by atoms with Crippen molar-refractivity contribution in [3.63, 3.8) is 0 Å². The second-order valence-electron chi connectivity index (χ2n) is 4.32. The second-order valence-corrected chi connectivity index (χ2v) is 4.88. The van der Waals surface area contributed by atoms with Crippen LogP contribution in [0, 0.1) is 0 Å². The predicted molar refractivity (Wildman–Crippen MR) is 59.5 cm³/mol. The lowest BCUT2D eigenvalue weighted by molar-refractivity contribution is -0.0193. The van der Waals surface area contributed by atoms with Crippen LogP contribution in [0.4, 0.5) is 0 Å². The zero-order valence-corrected chi connectivity index (χ0v) is 9.87. The molecule has 2 fully saturated rings. The number of ether oxygens (including phenoxy) is 2. The third-order valence-electron chi connectivity index (χ3n) is 2.96. The Balaban J connectivity index is 1.68. The topological polar surface area (TPSA) is 33.7 Å². The molecule has 2 aliphatic heterocycles. The van der Waals surface area contributed by atoms with Crippen molar-refractivity contribution in [3.8, 4) is 0 Å². The van der Waals surface area contributed by atoms with E-state index >= 15 is 0 Å². The maximum atomic E-state index is 6.09. The number of hydrogen-bond acceptors (Lipinski definition) is 4. The Labute approximate surface area is 95.9 Å². The highest BCUT2D eigenvalue weighted by molar-refractivity contribution is 6.21. The highest BCUT2D eigenvalue weighted by Crippen LogP contribution is 2.12. The number of likely N-dealkylation sites (N-methyl/N-ethyl adjacent to an activating group) is 1. The first-order valence-electron chi connectivity index (χ1n) is 5.51. The van der Waals surface area contributed by atoms with Crippen LogP contribution in [0.25, 0.3) is 0 Å². The van der Waals surface area contributed by atoms with E-state index < -0.39 is 0 Å². The van der Waals surface area contributed by atoms with E-state index in [0.29, 0.717) is 6.61 Å². The fourth-order valence-corrected chi connectivity index (χ4v) is 2.24. The van der Waals surface area contributed by atoms with Gasteiger partial charge in [-0.3, -0.25) is 0 Å². The minimum absolute atomic E-state index is 0.103. The van der Waals surface area contributed by atoms with E-state index in [1.807, 2.05) is 0 Å². The summed E-state index contributed by atoms with van der Waals surface area (Å²) in [5.74, 6) is 0. The molecule has 4 nitrogen and oxygen atoms in total. The Bertz CT molecular complexity index is 206. The zero-order chi connectivity index (χ0) is 10.7. The third-order valence-corrected chi connectivity index (χ3v) is 3.39. The van der Waals surface area contributed by atoms with Crippen molar-refractivity contribution in [2.75, 3.05) is 46.5 Å². The standard InChI is InChI=1S/C10H19ClN2O2/c1-13-2-3-15-8(5-13)4-12-10-7-14-6-9(10)11/h8-10,12H,2-7H2,1H3. The molecule has 2 heterocycles. The molecular formula is C10H19ClN2O2. The van der Waals surface area contributed by atoms with Gasteiger partial charge in [0.25, 0.3) is 0 Å². The van der Waals surface area contributed by atoms with Gasteiger partial charge in [-0.1, -0.05) is 0 Å². The van der Waals surface area contributed by atoms with Crippen molar-refractivity contribution < 1.29 is 9.47 Å². The maximum Gasteiger partial charge on any atom is 0.0826 e. The van der Waals surface area contributed by atoms with E-state index in [9.17, 15) is 0 Å². The van der Waals surface area contributed by atoms with Gasteiger partial charge in [-0.2, -0.15) is 0 Å². The molecule has 0 radical (unpaired) electrons. The Kier molecular flexibility index (Phi) is 4.22. The molecule has 15 heavy (non-hydrogen) atoms. The molecule has 0 aromatic heterocycles. The number of hydrogen-bond donors (Lipinski definition) is 1. The first kappa shape index (κ1) is 11.6. The molecule has 0 aromatic carbocycles. The molecule has 1 N–H and O–H groups in total. The lowest BCUT2D eigenvalue weighted by Crippen LogP contribution is -2.48. The summed E-state index contributed by atoms with van der Waals surface area (Å²) >= 11 is 6.09. The molecule has 2 saturated heterocycles. The minimum atomic E-state index is 0.103. The monoisotopic (exact) mass is 234 g/mol. The van der Waals surface area contributed by atoms with Crippen molar-refractivity contribution in [2.45, 2.75) is 17.5 Å². The van der Waals surface area contributed by atoms with Crippen LogP contribution in [0.3, 0.4) is 0 Å². The molecule has 0 aliphatic carbocycles. The molecule has 0 aromatic rings. The van der Waals surface area contributed by atoms with E-state index in [2.05, 4.69) is 17.3 Å². The van der Waals surface area contributed by atoms with E-state index in [1.54, 1.807) is 0 Å². The minimum Gasteiger partial charge on any atom is -0.378 e. The smallest absolute Gasteiger partial charge is 0.0826 e. The van der Waals surface area contributed by atoms with Gasteiger partial charge in [0.15, 0.2) is 0 Å². The fourth-order valence-electron chi connectivity index (χ4n) is 1.99. The van der Waals surface area contributed by atoms with Crippen LogP contribution in [0.15, 0.2) is 0 Å². The van der Waals surface area contributed by atoms with Crippen LogP contribution < -0.4 is 5.32 Å². The molecular weight excluding hydrogens is 216 g/mol. The van der Waals surface area contributed by atoms with Crippen molar-refractivity contribution in [2.24, 2.45) is 0 Å². The van der Waals surface area contributed by atoms with Crippen molar-refractivity contribution >= 4 is 11.6 Å². The van der Waals surface area contributed by atoms with E-state index in [0.717, 1.165) is 32.8 Å². The normalized spacial score (nSPS) is 38.4. The average Bonchev–Trinajstić information content (AvgIpc) is 2.61. The van der Waals surface area contributed by atoms with Crippen LogP contribution >= 0.6 is 11.6 Å². The van der Waals surface area contributed by atoms with Crippen molar-refractivity contribution in [1.29, 1.82) is 0 Å². The Hall–Kier alpha value is 0.130. The summed E-state index contributed by atoms with van der Waals surface area (Å²) in [7, 11) is 2.12. The highest BCUT2D eigenvalue weighted by Gasteiger charge is 2.27. The molecule has 2 rings (SSSR count). The molecule has 0 bridgehead atoms. The van der Waals surface area contributed by atoms with Crippen LogP contribution in [-0.2, 0) is 9.47 Å². The van der Waals surface area contributed by atoms with Gasteiger partial charge in [0, 0.05) is 25.7 Å². The number of nitrogens with zero attached hydrogens (tertiary/aromatic N) is 1. The van der Waals surface area contributed by atoms with E-state index in [1.165, 1.54) is 0 Å². The van der Waals surface area contributed by atoms with Gasteiger partial charge in [0.1, 0.15) is 0 Å². The fraction of sp³-hybridized carbons (Fsp3) is 1.00. The highest BCUT2D eigenvalue weighted by atomic mass is 35.5. The summed E-state index contributed by atoms with van der Waals surface area (Å²) in [5.41, 5.74) is 0. The van der Waals surface area contributed by atoms with Gasteiger partial charge in [-0.15, -0.1) is 11.6 Å². The lowest BCUT2D eigenvalue weighted by Gasteiger charge is -2.31. The van der Waals surface area contributed by atoms with Crippen molar-refractivity contribution in [3.05, 3.63) is 0 Å². The third kappa shape index (κ3) is 3.29. The predicted octanol–water partition coefficient (Wildman–Crippen LogP) is -0.0872. The average molecular weight is 235 g/mol. The molecule has 0 saturated carbocycles. The van der Waals surface area contributed by atoms with Gasteiger partial charge in [-0.05, 0) is 7.05 Å². The van der Waals surface area contributed by atoms with Gasteiger partial charge in [0.2, 0.25) is 0 Å². The quantitative estimate of drug-likeness (QED) is 0.693. The molecule has 88 valence electrons. The summed E-state index contributed by atoms with van der Waals surface area (Å²) < 4.78 is 10.9. The number of alkyl halides is 1. The van der Waals surface area contributed by atoms with E-state index in [4.69, 9.17) is 21.1 Å². The van der Waals surface area contributed by atoms with E-state index in [-0.39, 0.29) is 17.5 Å². The Morgan fingerprint density at radius 2 is 2.33 bits per heavy atom. The van der Waals surface area contributed by atoms with Crippen molar-refractivity contribution in [1.82, 2.24) is 10.2 Å². The second kappa shape index (κ2) is 5.46. The number of morpholine rings is 1. The first-order valence-corrected chi connectivity index (χ1v) is 5.94. The molecule has 3 atom stereocenters. The molecule has 3 unspecified atom stereocenters. The van der Waals surface area contributed by atoms with Gasteiger partial charge < -0.3 is 19.7 Å². The summed E-state index contributed by atoms with van der Waals surface area (Å²) in [6.45, 7) is 5.09. The van der Waals surface area contributed by atoms with Gasteiger partial charge in [-0.25, -0.2) is 0 Å². The molecule has 2 aliphatic rings. The Morgan fingerprint density at radius 3 is 3.00 bits per heavy atom. The summed E-state index contributed by atoms with van der Waals surface area (Å²) in [6.07, 6.45) is 0.285. The molecule has 0 amide bonds.